The molecular formula is C25H19Br2NO. The normalized spacial score (nSPS) is 11.3. The Kier molecular flexibility index (Phi) is 6.12. The predicted octanol–water partition coefficient (Wildman–Crippen LogP) is 8.00. The molecule has 0 fully saturated rings. The van der Waals surface area contributed by atoms with Crippen LogP contribution in [0.1, 0.15) is 16.7 Å². The number of rotatable bonds is 5. The maximum Gasteiger partial charge on any atom is 0.142 e. The van der Waals surface area contributed by atoms with Crippen molar-refractivity contribution in [2.45, 2.75) is 13.5 Å². The van der Waals surface area contributed by atoms with Gasteiger partial charge in [0.2, 0.25) is 0 Å². The summed E-state index contributed by atoms with van der Waals surface area (Å²) in [5.41, 5.74) is 4.15. The van der Waals surface area contributed by atoms with Gasteiger partial charge in [-0.3, -0.25) is 4.99 Å². The molecule has 29 heavy (non-hydrogen) atoms. The van der Waals surface area contributed by atoms with Gasteiger partial charge in [0.15, 0.2) is 0 Å². The van der Waals surface area contributed by atoms with Crippen molar-refractivity contribution in [1.82, 2.24) is 0 Å². The number of para-hydroxylation sites is 1. The first-order chi connectivity index (χ1) is 14.1. The molecule has 0 saturated heterocycles. The minimum atomic E-state index is 0.479. The maximum atomic E-state index is 6.28. The molecule has 0 radical (unpaired) electrons. The summed E-state index contributed by atoms with van der Waals surface area (Å²) < 4.78 is 8.13. The van der Waals surface area contributed by atoms with Gasteiger partial charge in [0.1, 0.15) is 12.4 Å². The molecule has 4 aromatic carbocycles. The summed E-state index contributed by atoms with van der Waals surface area (Å²) >= 11 is 7.21. The van der Waals surface area contributed by atoms with Crippen LogP contribution in [0.2, 0.25) is 0 Å². The lowest BCUT2D eigenvalue weighted by Gasteiger charge is -2.13. The number of ether oxygens (including phenoxy) is 1. The summed E-state index contributed by atoms with van der Waals surface area (Å²) in [6.45, 7) is 2.54. The molecule has 0 aliphatic heterocycles. The fourth-order valence-corrected chi connectivity index (χ4v) is 4.62. The summed E-state index contributed by atoms with van der Waals surface area (Å²) in [4.78, 5) is 4.68. The van der Waals surface area contributed by atoms with E-state index in [2.05, 4.69) is 92.3 Å². The van der Waals surface area contributed by atoms with Crippen molar-refractivity contribution >= 4 is 54.5 Å². The topological polar surface area (TPSA) is 21.6 Å². The van der Waals surface area contributed by atoms with Crippen molar-refractivity contribution in [2.75, 3.05) is 0 Å². The number of aryl methyl sites for hydroxylation is 1. The van der Waals surface area contributed by atoms with Crippen molar-refractivity contribution in [3.05, 3.63) is 104 Å². The second-order valence-electron chi connectivity index (χ2n) is 6.78. The van der Waals surface area contributed by atoms with E-state index in [1.165, 1.54) is 10.8 Å². The number of aliphatic imine (C=N–C) groups is 1. The Morgan fingerprint density at radius 1 is 0.897 bits per heavy atom. The smallest absolute Gasteiger partial charge is 0.142 e. The molecule has 0 aromatic heterocycles. The zero-order valence-corrected chi connectivity index (χ0v) is 19.1. The molecular weight excluding hydrogens is 490 g/mol. The molecule has 0 heterocycles. The average Bonchev–Trinajstić information content (AvgIpc) is 2.72. The lowest BCUT2D eigenvalue weighted by atomic mass is 10.1. The summed E-state index contributed by atoms with van der Waals surface area (Å²) in [6, 6.07) is 26.7. The average molecular weight is 509 g/mol. The van der Waals surface area contributed by atoms with Gasteiger partial charge in [0.25, 0.3) is 0 Å². The fourth-order valence-electron chi connectivity index (χ4n) is 3.24. The van der Waals surface area contributed by atoms with Crippen molar-refractivity contribution < 1.29 is 4.74 Å². The lowest BCUT2D eigenvalue weighted by Crippen LogP contribution is -2.00. The lowest BCUT2D eigenvalue weighted by molar-refractivity contribution is 0.305. The predicted molar refractivity (Wildman–Crippen MR) is 129 cm³/mol. The van der Waals surface area contributed by atoms with E-state index >= 15 is 0 Å². The van der Waals surface area contributed by atoms with Crippen molar-refractivity contribution in [2.24, 2.45) is 4.99 Å². The molecule has 0 saturated carbocycles. The Labute approximate surface area is 187 Å². The number of nitrogens with zero attached hydrogens (tertiary/aromatic N) is 1. The van der Waals surface area contributed by atoms with E-state index in [4.69, 9.17) is 4.74 Å². The molecule has 4 heteroatoms. The number of fused-ring (bicyclic) bond motifs is 1. The van der Waals surface area contributed by atoms with E-state index in [-0.39, 0.29) is 0 Å². The second kappa shape index (κ2) is 8.93. The molecule has 0 amide bonds. The van der Waals surface area contributed by atoms with Crippen molar-refractivity contribution in [1.29, 1.82) is 0 Å². The van der Waals surface area contributed by atoms with E-state index in [1.807, 2.05) is 36.5 Å². The number of halogens is 2. The molecule has 144 valence electrons. The number of benzene rings is 4. The zero-order chi connectivity index (χ0) is 20.2. The molecule has 0 N–H and O–H groups in total. The molecule has 0 unspecified atom stereocenters. The van der Waals surface area contributed by atoms with Gasteiger partial charge in [0, 0.05) is 16.3 Å². The monoisotopic (exact) mass is 507 g/mol. The molecule has 0 aliphatic carbocycles. The molecule has 4 rings (SSSR count). The van der Waals surface area contributed by atoms with Gasteiger partial charge >= 0.3 is 0 Å². The molecule has 0 bridgehead atoms. The van der Waals surface area contributed by atoms with Gasteiger partial charge < -0.3 is 4.74 Å². The van der Waals surface area contributed by atoms with Crippen LogP contribution in [0.15, 0.2) is 92.8 Å². The van der Waals surface area contributed by atoms with Crippen LogP contribution < -0.4 is 4.74 Å². The highest BCUT2D eigenvalue weighted by molar-refractivity contribution is 9.11. The van der Waals surface area contributed by atoms with Crippen LogP contribution in [0.5, 0.6) is 5.75 Å². The van der Waals surface area contributed by atoms with Crippen LogP contribution in [0.25, 0.3) is 10.8 Å². The van der Waals surface area contributed by atoms with Gasteiger partial charge in [-0.05, 0) is 63.0 Å². The standard InChI is InChI=1S/C25H19Br2NO/c1-17-7-2-5-12-24(17)28-15-20-13-21(26)14-23(27)25(20)29-16-19-10-6-9-18-8-3-4-11-22(18)19/h2-15H,16H2,1H3. The zero-order valence-electron chi connectivity index (χ0n) is 15.9. The van der Waals surface area contributed by atoms with Gasteiger partial charge in [-0.15, -0.1) is 0 Å². The van der Waals surface area contributed by atoms with Gasteiger partial charge in [0.05, 0.1) is 10.2 Å². The highest BCUT2D eigenvalue weighted by atomic mass is 79.9. The third kappa shape index (κ3) is 4.60. The van der Waals surface area contributed by atoms with Crippen LogP contribution in [0.3, 0.4) is 0 Å². The quantitative estimate of drug-likeness (QED) is 0.250. The Hall–Kier alpha value is -2.43. The largest absolute Gasteiger partial charge is 0.487 e. The first-order valence-corrected chi connectivity index (χ1v) is 10.9. The summed E-state index contributed by atoms with van der Waals surface area (Å²) in [5.74, 6) is 0.776. The minimum Gasteiger partial charge on any atom is -0.487 e. The van der Waals surface area contributed by atoms with Gasteiger partial charge in [-0.1, -0.05) is 76.6 Å². The summed E-state index contributed by atoms with van der Waals surface area (Å²) in [7, 11) is 0. The second-order valence-corrected chi connectivity index (χ2v) is 8.55. The van der Waals surface area contributed by atoms with Gasteiger partial charge in [-0.25, -0.2) is 0 Å². The Bertz CT molecular complexity index is 1200. The summed E-state index contributed by atoms with van der Waals surface area (Å²) in [6.07, 6.45) is 1.86. The van der Waals surface area contributed by atoms with Crippen LogP contribution in [0.4, 0.5) is 5.69 Å². The number of hydrogen-bond donors (Lipinski definition) is 0. The third-order valence-corrected chi connectivity index (χ3v) is 5.79. The van der Waals surface area contributed by atoms with E-state index in [1.54, 1.807) is 0 Å². The van der Waals surface area contributed by atoms with E-state index in [0.29, 0.717) is 6.61 Å². The van der Waals surface area contributed by atoms with Crippen molar-refractivity contribution in [3.63, 3.8) is 0 Å². The molecule has 2 nitrogen and oxygen atoms in total. The molecule has 0 spiro atoms. The fraction of sp³-hybridized carbons (Fsp3) is 0.0800. The van der Waals surface area contributed by atoms with Gasteiger partial charge in [-0.2, -0.15) is 0 Å². The minimum absolute atomic E-state index is 0.479. The Balaban J connectivity index is 1.66. The van der Waals surface area contributed by atoms with Crippen LogP contribution >= 0.6 is 31.9 Å². The molecule has 0 aliphatic rings. The van der Waals surface area contributed by atoms with E-state index in [0.717, 1.165) is 37.1 Å². The van der Waals surface area contributed by atoms with Crippen molar-refractivity contribution in [3.8, 4) is 5.75 Å². The Morgan fingerprint density at radius 3 is 2.52 bits per heavy atom. The highest BCUT2D eigenvalue weighted by Crippen LogP contribution is 2.33. The van der Waals surface area contributed by atoms with Crippen LogP contribution in [-0.4, -0.2) is 6.21 Å². The molecule has 0 atom stereocenters. The maximum absolute atomic E-state index is 6.28. The third-order valence-electron chi connectivity index (χ3n) is 4.75. The van der Waals surface area contributed by atoms with Crippen LogP contribution in [-0.2, 0) is 6.61 Å². The number of hydrogen-bond acceptors (Lipinski definition) is 2. The van der Waals surface area contributed by atoms with E-state index < -0.39 is 0 Å². The SMILES string of the molecule is Cc1ccccc1N=Cc1cc(Br)cc(Br)c1OCc1cccc2ccccc12. The molecule has 4 aromatic rings. The Morgan fingerprint density at radius 2 is 1.66 bits per heavy atom. The first-order valence-electron chi connectivity index (χ1n) is 9.30. The van der Waals surface area contributed by atoms with E-state index in [9.17, 15) is 0 Å². The first kappa shape index (κ1) is 19.9. The van der Waals surface area contributed by atoms with Crippen LogP contribution in [0, 0.1) is 6.92 Å². The highest BCUT2D eigenvalue weighted by Gasteiger charge is 2.11. The summed E-state index contributed by atoms with van der Waals surface area (Å²) in [5, 5.41) is 2.42.